The molecule has 1 unspecified atom stereocenters. The second kappa shape index (κ2) is 9.09. The minimum Gasteiger partial charge on any atom is -0.476 e. The van der Waals surface area contributed by atoms with Crippen LogP contribution in [0.1, 0.15) is 71.3 Å². The lowest BCUT2D eigenvalue weighted by Gasteiger charge is -2.44. The maximum absolute atomic E-state index is 13.6. The number of carbonyl (C=O) groups is 1. The van der Waals surface area contributed by atoms with E-state index >= 15 is 0 Å². The van der Waals surface area contributed by atoms with Crippen molar-refractivity contribution in [3.8, 4) is 5.75 Å². The van der Waals surface area contributed by atoms with Gasteiger partial charge in [0, 0.05) is 6.42 Å². The third-order valence-corrected chi connectivity index (χ3v) is 13.4. The molecule has 0 radical (unpaired) electrons. The lowest BCUT2D eigenvalue weighted by molar-refractivity contribution is -0.107. The Labute approximate surface area is 175 Å². The highest BCUT2D eigenvalue weighted by Gasteiger charge is 2.48. The van der Waals surface area contributed by atoms with E-state index in [9.17, 15) is 14.7 Å². The molecule has 28 heavy (non-hydrogen) atoms. The Morgan fingerprint density at radius 1 is 1.21 bits per heavy atom. The predicted molar refractivity (Wildman–Crippen MR) is 114 cm³/mol. The van der Waals surface area contributed by atoms with Crippen LogP contribution in [0.4, 0.5) is 0 Å². The molecule has 0 amide bonds. The standard InChI is InChI=1S/C19H31BrN2O5Si/c1-11(2)28(12(3)4,13(5)6)22-17(23)16(15(18(24)25)21-19(22)20)27-14-9-7-8-10-26-14/h11-14H,7-10H2,1-6H3,(H,24,25). The fourth-order valence-corrected chi connectivity index (χ4v) is 12.4. The molecule has 1 saturated heterocycles. The summed E-state index contributed by atoms with van der Waals surface area (Å²) in [6, 6.07) is 0. The van der Waals surface area contributed by atoms with Crippen molar-refractivity contribution in [3.63, 3.8) is 0 Å². The van der Waals surface area contributed by atoms with Gasteiger partial charge in [0.15, 0.2) is 25.0 Å². The van der Waals surface area contributed by atoms with Gasteiger partial charge >= 0.3 is 5.97 Å². The number of carboxylic acid groups (broad SMARTS) is 1. The summed E-state index contributed by atoms with van der Waals surface area (Å²) in [5.74, 6) is -1.51. The van der Waals surface area contributed by atoms with Gasteiger partial charge in [0.1, 0.15) is 0 Å². The molecule has 1 atom stereocenters. The Bertz CT molecular complexity index is 751. The molecule has 2 rings (SSSR count). The van der Waals surface area contributed by atoms with E-state index in [2.05, 4.69) is 62.5 Å². The Morgan fingerprint density at radius 2 is 1.79 bits per heavy atom. The summed E-state index contributed by atoms with van der Waals surface area (Å²) in [5.41, 5.74) is -0.106. The van der Waals surface area contributed by atoms with Crippen LogP contribution in [0.25, 0.3) is 0 Å². The first kappa shape index (κ1) is 23.1. The van der Waals surface area contributed by atoms with Gasteiger partial charge in [-0.25, -0.2) is 9.78 Å². The van der Waals surface area contributed by atoms with E-state index in [1.54, 1.807) is 4.23 Å². The van der Waals surface area contributed by atoms with E-state index in [4.69, 9.17) is 9.47 Å². The smallest absolute Gasteiger partial charge is 0.358 e. The van der Waals surface area contributed by atoms with Gasteiger partial charge in [-0.2, -0.15) is 0 Å². The Hall–Kier alpha value is -1.19. The van der Waals surface area contributed by atoms with Crippen molar-refractivity contribution in [1.29, 1.82) is 0 Å². The molecule has 9 heteroatoms. The molecule has 1 aromatic heterocycles. The molecular weight excluding hydrogens is 444 g/mol. The van der Waals surface area contributed by atoms with Gasteiger partial charge in [-0.3, -0.25) is 4.79 Å². The summed E-state index contributed by atoms with van der Waals surface area (Å²) in [4.78, 5) is 29.7. The van der Waals surface area contributed by atoms with Crippen molar-refractivity contribution < 1.29 is 19.4 Å². The van der Waals surface area contributed by atoms with E-state index in [1.807, 2.05) is 0 Å². The number of nitrogens with zero attached hydrogens (tertiary/aromatic N) is 2. The number of aromatic carboxylic acids is 1. The van der Waals surface area contributed by atoms with E-state index in [1.165, 1.54) is 0 Å². The Balaban J connectivity index is 2.76. The third-order valence-electron chi connectivity index (χ3n) is 5.75. The summed E-state index contributed by atoms with van der Waals surface area (Å²) in [6.45, 7) is 13.3. The van der Waals surface area contributed by atoms with Crippen molar-refractivity contribution >= 4 is 30.1 Å². The third kappa shape index (κ3) is 4.07. The summed E-state index contributed by atoms with van der Waals surface area (Å²) in [5, 5.41) is 9.62. The first-order valence-corrected chi connectivity index (χ1v) is 12.9. The van der Waals surface area contributed by atoms with Crippen LogP contribution >= 0.6 is 15.9 Å². The average Bonchev–Trinajstić information content (AvgIpc) is 2.60. The molecular formula is C19H31BrN2O5Si. The zero-order valence-corrected chi connectivity index (χ0v) is 20.1. The number of carboxylic acids is 1. The minimum atomic E-state index is -2.47. The predicted octanol–water partition coefficient (Wildman–Crippen LogP) is 4.63. The molecule has 1 fully saturated rings. The van der Waals surface area contributed by atoms with E-state index in [-0.39, 0.29) is 32.8 Å². The van der Waals surface area contributed by atoms with Crippen LogP contribution in [0.2, 0.25) is 16.6 Å². The summed E-state index contributed by atoms with van der Waals surface area (Å²) in [7, 11) is -2.47. The molecule has 0 aliphatic carbocycles. The van der Waals surface area contributed by atoms with Crippen LogP contribution in [0.3, 0.4) is 0 Å². The first-order valence-electron chi connectivity index (χ1n) is 9.89. The maximum atomic E-state index is 13.6. The van der Waals surface area contributed by atoms with Crippen molar-refractivity contribution in [1.82, 2.24) is 9.22 Å². The topological polar surface area (TPSA) is 90.7 Å². The van der Waals surface area contributed by atoms with Crippen molar-refractivity contribution in [2.45, 2.75) is 83.7 Å². The fourth-order valence-electron chi connectivity index (χ4n) is 4.78. The van der Waals surface area contributed by atoms with Gasteiger partial charge in [0.05, 0.1) is 6.61 Å². The van der Waals surface area contributed by atoms with Gasteiger partial charge < -0.3 is 18.8 Å². The molecule has 1 aliphatic rings. The second-order valence-electron chi connectivity index (χ2n) is 8.27. The molecule has 0 bridgehead atoms. The Kier molecular flexibility index (Phi) is 7.49. The molecule has 158 valence electrons. The highest BCUT2D eigenvalue weighted by Crippen LogP contribution is 2.43. The summed E-state index contributed by atoms with van der Waals surface area (Å²) >= 11 is 3.40. The van der Waals surface area contributed by atoms with Crippen LogP contribution in [0.5, 0.6) is 5.75 Å². The van der Waals surface area contributed by atoms with Gasteiger partial charge in [-0.05, 0) is 45.4 Å². The van der Waals surface area contributed by atoms with Crippen LogP contribution in [-0.2, 0) is 4.74 Å². The lowest BCUT2D eigenvalue weighted by Crippen LogP contribution is -2.57. The molecule has 0 aromatic carbocycles. The van der Waals surface area contributed by atoms with Crippen molar-refractivity contribution in [2.75, 3.05) is 6.61 Å². The second-order valence-corrected chi connectivity index (χ2v) is 14.7. The van der Waals surface area contributed by atoms with Gasteiger partial charge in [-0.15, -0.1) is 0 Å². The number of rotatable bonds is 7. The molecule has 2 heterocycles. The molecule has 0 saturated carbocycles. The zero-order chi connectivity index (χ0) is 21.2. The summed E-state index contributed by atoms with van der Waals surface area (Å²) < 4.78 is 13.4. The Morgan fingerprint density at radius 3 is 2.21 bits per heavy atom. The van der Waals surface area contributed by atoms with Gasteiger partial charge in [0.25, 0.3) is 5.56 Å². The van der Waals surface area contributed by atoms with Crippen molar-refractivity contribution in [3.05, 3.63) is 20.8 Å². The van der Waals surface area contributed by atoms with E-state index < -0.39 is 26.1 Å². The normalized spacial score (nSPS) is 18.1. The van der Waals surface area contributed by atoms with Crippen LogP contribution in [-0.4, -0.2) is 41.4 Å². The lowest BCUT2D eigenvalue weighted by atomic mass is 10.2. The quantitative estimate of drug-likeness (QED) is 0.457. The van der Waals surface area contributed by atoms with E-state index in [0.29, 0.717) is 13.0 Å². The number of hydrogen-bond acceptors (Lipinski definition) is 5. The van der Waals surface area contributed by atoms with Gasteiger partial charge in [-0.1, -0.05) is 41.5 Å². The fraction of sp³-hybridized carbons (Fsp3) is 0.737. The molecule has 1 N–H and O–H groups in total. The minimum absolute atomic E-state index is 0.221. The van der Waals surface area contributed by atoms with E-state index in [0.717, 1.165) is 12.8 Å². The van der Waals surface area contributed by atoms with Crippen molar-refractivity contribution in [2.24, 2.45) is 0 Å². The largest absolute Gasteiger partial charge is 0.476 e. The SMILES string of the molecule is CC(C)[Si](C(C)C)(C(C)C)n1c(Br)nc(C(=O)O)c(OC2CCCCO2)c1=O. The number of hydrogen-bond donors (Lipinski definition) is 1. The number of ether oxygens (including phenoxy) is 2. The molecule has 1 aromatic rings. The average molecular weight is 475 g/mol. The molecule has 0 spiro atoms. The number of halogens is 1. The highest BCUT2D eigenvalue weighted by molar-refractivity contribution is 9.10. The highest BCUT2D eigenvalue weighted by atomic mass is 79.9. The van der Waals surface area contributed by atoms with Crippen LogP contribution in [0, 0.1) is 0 Å². The first-order chi connectivity index (χ1) is 13.0. The monoisotopic (exact) mass is 474 g/mol. The number of aromatic nitrogens is 2. The maximum Gasteiger partial charge on any atom is 0.358 e. The molecule has 7 nitrogen and oxygen atoms in total. The molecule has 1 aliphatic heterocycles. The van der Waals surface area contributed by atoms with Gasteiger partial charge in [0.2, 0.25) is 5.75 Å². The summed E-state index contributed by atoms with van der Waals surface area (Å²) in [6.07, 6.45) is 1.84. The zero-order valence-electron chi connectivity index (χ0n) is 17.5. The van der Waals surface area contributed by atoms with Crippen LogP contribution in [0.15, 0.2) is 9.53 Å². The van der Waals surface area contributed by atoms with Crippen LogP contribution < -0.4 is 10.3 Å².